The van der Waals surface area contributed by atoms with E-state index < -0.39 is 31.2 Å². The second-order valence-corrected chi connectivity index (χ2v) is 3.93. The van der Waals surface area contributed by atoms with Gasteiger partial charge >= 0.3 is 6.18 Å². The number of rotatable bonds is 6. The van der Waals surface area contributed by atoms with E-state index in [0.29, 0.717) is 5.56 Å². The van der Waals surface area contributed by atoms with Gasteiger partial charge in [0.15, 0.2) is 0 Å². The molecule has 1 atom stereocenters. The first-order valence-electron chi connectivity index (χ1n) is 5.65. The zero-order valence-corrected chi connectivity index (χ0v) is 10.1. The summed E-state index contributed by atoms with van der Waals surface area (Å²) < 4.78 is 35.6. The molecule has 0 radical (unpaired) electrons. The molecule has 0 spiro atoms. The van der Waals surface area contributed by atoms with E-state index in [1.807, 2.05) is 5.32 Å². The van der Waals surface area contributed by atoms with Crippen LogP contribution in [0.1, 0.15) is 11.6 Å². The number of aliphatic hydroxyl groups excluding tert-OH is 1. The van der Waals surface area contributed by atoms with Crippen LogP contribution >= 0.6 is 0 Å². The molecule has 0 saturated carbocycles. The Hall–Kier alpha value is -1.60. The summed E-state index contributed by atoms with van der Waals surface area (Å²) in [5.41, 5.74) is 0.689. The van der Waals surface area contributed by atoms with Crippen molar-refractivity contribution >= 4 is 5.91 Å². The van der Waals surface area contributed by atoms with Crippen molar-refractivity contribution in [3.05, 3.63) is 35.9 Å². The Morgan fingerprint density at radius 2 is 1.89 bits per heavy atom. The Morgan fingerprint density at radius 3 is 2.42 bits per heavy atom. The van der Waals surface area contributed by atoms with Gasteiger partial charge in [-0.25, -0.2) is 0 Å². The standard InChI is InChI=1S/C12H15F3N2O2/c13-12(14,15)8-16-6-11(19)17-10(7-18)9-4-2-1-3-5-9/h1-5,10,16,18H,6-8H2,(H,17,19)/t10-/m1/s1. The van der Waals surface area contributed by atoms with Crippen molar-refractivity contribution in [3.8, 4) is 0 Å². The van der Waals surface area contributed by atoms with E-state index in [2.05, 4.69) is 5.32 Å². The van der Waals surface area contributed by atoms with Crippen LogP contribution in [0.2, 0.25) is 0 Å². The molecule has 4 nitrogen and oxygen atoms in total. The van der Waals surface area contributed by atoms with Crippen molar-refractivity contribution in [1.29, 1.82) is 0 Å². The summed E-state index contributed by atoms with van der Waals surface area (Å²) >= 11 is 0. The molecule has 0 fully saturated rings. The lowest BCUT2D eigenvalue weighted by atomic mass is 10.1. The number of hydrogen-bond acceptors (Lipinski definition) is 3. The van der Waals surface area contributed by atoms with Gasteiger partial charge in [0.25, 0.3) is 0 Å². The minimum Gasteiger partial charge on any atom is -0.394 e. The molecule has 0 bridgehead atoms. The molecule has 3 N–H and O–H groups in total. The van der Waals surface area contributed by atoms with Crippen LogP contribution in [0.15, 0.2) is 30.3 Å². The Balaban J connectivity index is 2.42. The van der Waals surface area contributed by atoms with Crippen LogP contribution in [0.4, 0.5) is 13.2 Å². The quantitative estimate of drug-likeness (QED) is 0.726. The maximum atomic E-state index is 11.9. The van der Waals surface area contributed by atoms with Gasteiger partial charge in [-0.15, -0.1) is 0 Å². The first-order chi connectivity index (χ1) is 8.92. The van der Waals surface area contributed by atoms with Gasteiger partial charge in [-0.1, -0.05) is 30.3 Å². The molecule has 1 aromatic carbocycles. The second kappa shape index (κ2) is 7.10. The fraction of sp³-hybridized carbons (Fsp3) is 0.417. The Morgan fingerprint density at radius 1 is 1.26 bits per heavy atom. The summed E-state index contributed by atoms with van der Waals surface area (Å²) in [4.78, 5) is 11.4. The molecule has 19 heavy (non-hydrogen) atoms. The highest BCUT2D eigenvalue weighted by Crippen LogP contribution is 2.12. The average molecular weight is 276 g/mol. The van der Waals surface area contributed by atoms with Crippen molar-refractivity contribution in [3.63, 3.8) is 0 Å². The molecule has 7 heteroatoms. The van der Waals surface area contributed by atoms with Crippen LogP contribution in [-0.4, -0.2) is 36.9 Å². The van der Waals surface area contributed by atoms with E-state index >= 15 is 0 Å². The third kappa shape index (κ3) is 6.21. The minimum absolute atomic E-state index is 0.324. The van der Waals surface area contributed by atoms with Crippen LogP contribution in [0, 0.1) is 0 Å². The molecule has 0 aromatic heterocycles. The predicted molar refractivity (Wildman–Crippen MR) is 63.3 cm³/mol. The monoisotopic (exact) mass is 276 g/mol. The lowest BCUT2D eigenvalue weighted by molar-refractivity contribution is -0.128. The van der Waals surface area contributed by atoms with Gasteiger partial charge in [0.05, 0.1) is 25.7 Å². The van der Waals surface area contributed by atoms with E-state index in [4.69, 9.17) is 5.11 Å². The van der Waals surface area contributed by atoms with Gasteiger partial charge in [0, 0.05) is 0 Å². The molecule has 0 heterocycles. The number of amides is 1. The van der Waals surface area contributed by atoms with Gasteiger partial charge in [-0.05, 0) is 5.56 Å². The Kier molecular flexibility index (Phi) is 5.78. The van der Waals surface area contributed by atoms with Gasteiger partial charge < -0.3 is 15.7 Å². The molecule has 0 aliphatic heterocycles. The van der Waals surface area contributed by atoms with E-state index in [9.17, 15) is 18.0 Å². The topological polar surface area (TPSA) is 61.4 Å². The number of nitrogens with one attached hydrogen (secondary N) is 2. The fourth-order valence-electron chi connectivity index (χ4n) is 1.48. The first-order valence-corrected chi connectivity index (χ1v) is 5.65. The molecule has 0 aliphatic carbocycles. The molecule has 1 amide bonds. The lowest BCUT2D eigenvalue weighted by Crippen LogP contribution is -2.40. The lowest BCUT2D eigenvalue weighted by Gasteiger charge is -2.17. The van der Waals surface area contributed by atoms with Gasteiger partial charge in [0.1, 0.15) is 0 Å². The van der Waals surface area contributed by atoms with Crippen molar-refractivity contribution in [2.24, 2.45) is 0 Å². The van der Waals surface area contributed by atoms with Crippen molar-refractivity contribution in [2.45, 2.75) is 12.2 Å². The van der Waals surface area contributed by atoms with Gasteiger partial charge in [0.2, 0.25) is 5.91 Å². The SMILES string of the molecule is O=C(CNCC(F)(F)F)N[C@H](CO)c1ccccc1. The number of benzene rings is 1. The van der Waals surface area contributed by atoms with E-state index in [-0.39, 0.29) is 6.61 Å². The van der Waals surface area contributed by atoms with Crippen LogP contribution in [0.5, 0.6) is 0 Å². The molecule has 1 rings (SSSR count). The van der Waals surface area contributed by atoms with E-state index in [1.54, 1.807) is 30.3 Å². The highest BCUT2D eigenvalue weighted by molar-refractivity contribution is 5.78. The maximum absolute atomic E-state index is 11.9. The van der Waals surface area contributed by atoms with Crippen molar-refractivity contribution in [1.82, 2.24) is 10.6 Å². The number of carbonyl (C=O) groups excluding carboxylic acids is 1. The largest absolute Gasteiger partial charge is 0.401 e. The normalized spacial score (nSPS) is 13.1. The van der Waals surface area contributed by atoms with Gasteiger partial charge in [-0.3, -0.25) is 4.79 Å². The summed E-state index contributed by atoms with van der Waals surface area (Å²) in [6, 6.07) is 8.07. The molecule has 0 saturated heterocycles. The highest BCUT2D eigenvalue weighted by atomic mass is 19.4. The summed E-state index contributed by atoms with van der Waals surface area (Å²) in [7, 11) is 0. The van der Waals surface area contributed by atoms with Crippen LogP contribution < -0.4 is 10.6 Å². The number of aliphatic hydroxyl groups is 1. The second-order valence-electron chi connectivity index (χ2n) is 3.93. The van der Waals surface area contributed by atoms with Crippen LogP contribution in [0.3, 0.4) is 0 Å². The minimum atomic E-state index is -4.35. The fourth-order valence-corrected chi connectivity index (χ4v) is 1.48. The first kappa shape index (κ1) is 15.5. The smallest absolute Gasteiger partial charge is 0.394 e. The highest BCUT2D eigenvalue weighted by Gasteiger charge is 2.26. The van der Waals surface area contributed by atoms with Gasteiger partial charge in [-0.2, -0.15) is 13.2 Å². The number of alkyl halides is 3. The maximum Gasteiger partial charge on any atom is 0.401 e. The molecule has 106 valence electrons. The molecule has 0 unspecified atom stereocenters. The third-order valence-corrected chi connectivity index (χ3v) is 2.33. The number of hydrogen-bond donors (Lipinski definition) is 3. The van der Waals surface area contributed by atoms with E-state index in [0.717, 1.165) is 0 Å². The van der Waals surface area contributed by atoms with Crippen LogP contribution in [-0.2, 0) is 4.79 Å². The molecule has 1 aromatic rings. The zero-order valence-electron chi connectivity index (χ0n) is 10.1. The van der Waals surface area contributed by atoms with E-state index in [1.165, 1.54) is 0 Å². The summed E-state index contributed by atoms with van der Waals surface area (Å²) in [6.07, 6.45) is -4.35. The number of carbonyl (C=O) groups is 1. The summed E-state index contributed by atoms with van der Waals surface area (Å²) in [5, 5.41) is 13.6. The molecular formula is C12H15F3N2O2. The zero-order chi connectivity index (χ0) is 14.3. The van der Waals surface area contributed by atoms with Crippen molar-refractivity contribution < 1.29 is 23.1 Å². The predicted octanol–water partition coefficient (Wildman–Crippen LogP) is 0.988. The number of halogens is 3. The third-order valence-electron chi connectivity index (χ3n) is 2.33. The summed E-state index contributed by atoms with van der Waals surface area (Å²) in [6.45, 7) is -2.01. The van der Waals surface area contributed by atoms with Crippen LogP contribution in [0.25, 0.3) is 0 Å². The summed E-state index contributed by atoms with van der Waals surface area (Å²) in [5.74, 6) is -0.604. The molecule has 0 aliphatic rings. The Labute approximate surface area is 108 Å². The Bertz CT molecular complexity index is 396. The average Bonchev–Trinajstić information content (AvgIpc) is 2.35. The molecular weight excluding hydrogens is 261 g/mol. The van der Waals surface area contributed by atoms with Crippen molar-refractivity contribution in [2.75, 3.05) is 19.7 Å².